The van der Waals surface area contributed by atoms with Gasteiger partial charge in [-0.2, -0.15) is 0 Å². The first-order valence-corrected chi connectivity index (χ1v) is 4.04. The highest BCUT2D eigenvalue weighted by Gasteiger charge is 2.28. The number of hydrogen-bond donors (Lipinski definition) is 1. The van der Waals surface area contributed by atoms with Crippen LogP contribution in [0.15, 0.2) is 6.20 Å². The molecule has 0 saturated heterocycles. The average molecular weight is 165 g/mol. The van der Waals surface area contributed by atoms with E-state index in [1.807, 2.05) is 11.5 Å². The summed E-state index contributed by atoms with van der Waals surface area (Å²) in [5.74, 6) is -0.0370. The van der Waals surface area contributed by atoms with Crippen LogP contribution in [0.25, 0.3) is 0 Å². The second kappa shape index (κ2) is 2.33. The van der Waals surface area contributed by atoms with E-state index in [4.69, 9.17) is 5.73 Å². The lowest BCUT2D eigenvalue weighted by Gasteiger charge is -2.04. The molecule has 1 aromatic rings. The van der Waals surface area contributed by atoms with Crippen molar-refractivity contribution in [2.45, 2.75) is 25.8 Å². The Bertz CT molecular complexity index is 325. The van der Waals surface area contributed by atoms with Crippen LogP contribution in [0.2, 0.25) is 0 Å². The maximum Gasteiger partial charge on any atom is 0.284 e. The second-order valence-electron chi connectivity index (χ2n) is 3.19. The van der Waals surface area contributed by atoms with Crippen molar-refractivity contribution in [3.63, 3.8) is 0 Å². The van der Waals surface area contributed by atoms with Gasteiger partial charge in [-0.3, -0.25) is 4.79 Å². The monoisotopic (exact) mass is 165 g/mol. The molecule has 64 valence electrons. The molecule has 1 amide bonds. The first kappa shape index (κ1) is 7.34. The van der Waals surface area contributed by atoms with Gasteiger partial charge in [0.1, 0.15) is 0 Å². The number of carbonyl (C=O) groups is 1. The number of nitrogens with zero attached hydrogens (tertiary/aromatic N) is 2. The topological polar surface area (TPSA) is 60.9 Å². The minimum absolute atomic E-state index is 0.398. The number of aromatic nitrogens is 2. The van der Waals surface area contributed by atoms with Gasteiger partial charge in [0.25, 0.3) is 5.91 Å². The third kappa shape index (κ3) is 0.995. The molecule has 0 unspecified atom stereocenters. The van der Waals surface area contributed by atoms with Crippen molar-refractivity contribution in [2.24, 2.45) is 5.73 Å². The molecular weight excluding hydrogens is 154 g/mol. The van der Waals surface area contributed by atoms with Gasteiger partial charge in [-0.05, 0) is 19.8 Å². The molecule has 4 nitrogen and oxygen atoms in total. The van der Waals surface area contributed by atoms with Crippen LogP contribution in [0.5, 0.6) is 0 Å². The molecule has 1 saturated carbocycles. The molecule has 0 bridgehead atoms. The zero-order chi connectivity index (χ0) is 8.72. The van der Waals surface area contributed by atoms with Crippen LogP contribution >= 0.6 is 0 Å². The Morgan fingerprint density at radius 2 is 2.42 bits per heavy atom. The molecule has 12 heavy (non-hydrogen) atoms. The maximum absolute atomic E-state index is 10.9. The summed E-state index contributed by atoms with van der Waals surface area (Å²) in [7, 11) is 0. The second-order valence-corrected chi connectivity index (χ2v) is 3.19. The summed E-state index contributed by atoms with van der Waals surface area (Å²) < 4.78 is 1.93. The van der Waals surface area contributed by atoms with Crippen molar-refractivity contribution in [2.75, 3.05) is 0 Å². The van der Waals surface area contributed by atoms with E-state index in [0.717, 1.165) is 18.5 Å². The molecule has 1 aromatic heterocycles. The normalized spacial score (nSPS) is 16.4. The van der Waals surface area contributed by atoms with Gasteiger partial charge in [0.2, 0.25) is 0 Å². The summed E-state index contributed by atoms with van der Waals surface area (Å²) in [6, 6.07) is 0.468. The van der Waals surface area contributed by atoms with Crippen LogP contribution in [0, 0.1) is 6.92 Å². The predicted octanol–water partition coefficient (Wildman–Crippen LogP) is 0.625. The minimum atomic E-state index is -0.435. The predicted molar refractivity (Wildman–Crippen MR) is 43.8 cm³/mol. The Labute approximate surface area is 70.4 Å². The van der Waals surface area contributed by atoms with E-state index < -0.39 is 5.91 Å². The summed E-state index contributed by atoms with van der Waals surface area (Å²) >= 11 is 0. The highest BCUT2D eigenvalue weighted by molar-refractivity contribution is 5.89. The molecule has 4 heteroatoms. The third-order valence-electron chi connectivity index (χ3n) is 2.11. The van der Waals surface area contributed by atoms with E-state index in [-0.39, 0.29) is 0 Å². The Balaban J connectivity index is 2.46. The van der Waals surface area contributed by atoms with Gasteiger partial charge in [-0.15, -0.1) is 0 Å². The third-order valence-corrected chi connectivity index (χ3v) is 2.11. The average Bonchev–Trinajstić information content (AvgIpc) is 2.75. The van der Waals surface area contributed by atoms with Crippen LogP contribution in [0.3, 0.4) is 0 Å². The highest BCUT2D eigenvalue weighted by Crippen LogP contribution is 2.36. The molecule has 1 aliphatic carbocycles. The molecule has 0 atom stereocenters. The zero-order valence-corrected chi connectivity index (χ0v) is 6.95. The van der Waals surface area contributed by atoms with Crippen LogP contribution in [-0.2, 0) is 0 Å². The zero-order valence-electron chi connectivity index (χ0n) is 6.95. The lowest BCUT2D eigenvalue weighted by Crippen LogP contribution is -2.18. The Kier molecular flexibility index (Phi) is 1.43. The number of aryl methyl sites for hydroxylation is 1. The first-order valence-electron chi connectivity index (χ1n) is 4.04. The first-order chi connectivity index (χ1) is 5.70. The van der Waals surface area contributed by atoms with E-state index in [9.17, 15) is 4.79 Å². The van der Waals surface area contributed by atoms with Gasteiger partial charge >= 0.3 is 0 Å². The summed E-state index contributed by atoms with van der Waals surface area (Å²) in [5.41, 5.74) is 6.19. The van der Waals surface area contributed by atoms with Crippen molar-refractivity contribution in [1.29, 1.82) is 0 Å². The fourth-order valence-electron chi connectivity index (χ4n) is 1.42. The van der Waals surface area contributed by atoms with Crippen molar-refractivity contribution in [3.05, 3.63) is 17.7 Å². The summed E-state index contributed by atoms with van der Waals surface area (Å²) in [6.45, 7) is 1.94. The van der Waals surface area contributed by atoms with Crippen molar-refractivity contribution >= 4 is 5.91 Å². The van der Waals surface area contributed by atoms with E-state index in [1.54, 1.807) is 6.20 Å². The number of hydrogen-bond acceptors (Lipinski definition) is 2. The van der Waals surface area contributed by atoms with Crippen molar-refractivity contribution in [3.8, 4) is 0 Å². The van der Waals surface area contributed by atoms with Gasteiger partial charge in [-0.25, -0.2) is 4.98 Å². The summed E-state index contributed by atoms with van der Waals surface area (Å²) in [5, 5.41) is 0. The number of carbonyl (C=O) groups excluding carboxylic acids is 1. The van der Waals surface area contributed by atoms with E-state index in [1.165, 1.54) is 0 Å². The SMILES string of the molecule is Cc1cnc(C(N)=O)n1C1CC1. The van der Waals surface area contributed by atoms with Crippen LogP contribution in [-0.4, -0.2) is 15.5 Å². The molecule has 1 fully saturated rings. The quantitative estimate of drug-likeness (QED) is 0.698. The maximum atomic E-state index is 10.9. The van der Waals surface area contributed by atoms with Crippen molar-refractivity contribution < 1.29 is 4.79 Å². The standard InChI is InChI=1S/C8H11N3O/c1-5-4-10-8(7(9)12)11(5)6-2-3-6/h4,6H,2-3H2,1H3,(H2,9,12). The van der Waals surface area contributed by atoms with Gasteiger partial charge in [-0.1, -0.05) is 0 Å². The number of primary amides is 1. The highest BCUT2D eigenvalue weighted by atomic mass is 16.1. The number of nitrogens with two attached hydrogens (primary N) is 1. The van der Waals surface area contributed by atoms with Crippen molar-refractivity contribution in [1.82, 2.24) is 9.55 Å². The van der Waals surface area contributed by atoms with Gasteiger partial charge in [0, 0.05) is 17.9 Å². The van der Waals surface area contributed by atoms with E-state index in [2.05, 4.69) is 4.98 Å². The lowest BCUT2D eigenvalue weighted by molar-refractivity contribution is 0.0986. The molecule has 2 rings (SSSR count). The molecular formula is C8H11N3O. The largest absolute Gasteiger partial charge is 0.363 e. The van der Waals surface area contributed by atoms with E-state index >= 15 is 0 Å². The smallest absolute Gasteiger partial charge is 0.284 e. The number of rotatable bonds is 2. The fraction of sp³-hybridized carbons (Fsp3) is 0.500. The van der Waals surface area contributed by atoms with Crippen LogP contribution in [0.4, 0.5) is 0 Å². The Morgan fingerprint density at radius 1 is 1.75 bits per heavy atom. The molecule has 0 radical (unpaired) electrons. The summed E-state index contributed by atoms with van der Waals surface area (Å²) in [6.07, 6.45) is 3.97. The number of imidazole rings is 1. The minimum Gasteiger partial charge on any atom is -0.363 e. The molecule has 0 aromatic carbocycles. The number of amides is 1. The van der Waals surface area contributed by atoms with Crippen LogP contribution < -0.4 is 5.73 Å². The Morgan fingerprint density at radius 3 is 2.92 bits per heavy atom. The van der Waals surface area contributed by atoms with Gasteiger partial charge in [0.15, 0.2) is 5.82 Å². The molecule has 2 N–H and O–H groups in total. The lowest BCUT2D eigenvalue weighted by atomic mass is 10.4. The fourth-order valence-corrected chi connectivity index (χ4v) is 1.42. The Hall–Kier alpha value is -1.32. The van der Waals surface area contributed by atoms with E-state index in [0.29, 0.717) is 11.9 Å². The summed E-state index contributed by atoms with van der Waals surface area (Å²) in [4.78, 5) is 14.9. The van der Waals surface area contributed by atoms with Gasteiger partial charge < -0.3 is 10.3 Å². The van der Waals surface area contributed by atoms with Gasteiger partial charge in [0.05, 0.1) is 0 Å². The molecule has 1 heterocycles. The molecule has 0 aliphatic heterocycles. The molecule has 1 aliphatic rings. The molecule has 0 spiro atoms. The van der Waals surface area contributed by atoms with Crippen LogP contribution in [0.1, 0.15) is 35.2 Å².